The molecule has 1 saturated heterocycles. The number of piperidine rings is 1. The van der Waals surface area contributed by atoms with Crippen molar-refractivity contribution in [2.24, 2.45) is 11.8 Å². The lowest BCUT2D eigenvalue weighted by Crippen LogP contribution is -2.34. The molecule has 2 atom stereocenters. The van der Waals surface area contributed by atoms with Crippen LogP contribution in [0.1, 0.15) is 32.6 Å². The van der Waals surface area contributed by atoms with Gasteiger partial charge in [0.05, 0.1) is 20.1 Å². The number of hydrogen-bond donors (Lipinski definition) is 2. The van der Waals surface area contributed by atoms with Gasteiger partial charge in [-0.15, -0.1) is 0 Å². The van der Waals surface area contributed by atoms with E-state index in [0.29, 0.717) is 24.0 Å². The molecule has 0 bridgehead atoms. The average molecular weight is 348 g/mol. The van der Waals surface area contributed by atoms with Crippen LogP contribution in [0.5, 0.6) is 5.75 Å². The van der Waals surface area contributed by atoms with Gasteiger partial charge in [0, 0.05) is 12.1 Å². The Kier molecular flexibility index (Phi) is 7.73. The molecule has 0 aromatic heterocycles. The first-order valence-electron chi connectivity index (χ1n) is 8.88. The summed E-state index contributed by atoms with van der Waals surface area (Å²) in [5.41, 5.74) is 0.749. The van der Waals surface area contributed by atoms with Gasteiger partial charge in [0.2, 0.25) is 5.91 Å². The third-order valence-electron chi connectivity index (χ3n) is 4.59. The molecule has 1 aromatic rings. The molecule has 1 fully saturated rings. The van der Waals surface area contributed by atoms with Gasteiger partial charge in [-0.2, -0.15) is 0 Å². The number of benzene rings is 1. The largest absolute Gasteiger partial charge is 0.493 e. The minimum Gasteiger partial charge on any atom is -0.493 e. The molecule has 6 nitrogen and oxygen atoms in total. The van der Waals surface area contributed by atoms with E-state index in [1.807, 2.05) is 0 Å². The van der Waals surface area contributed by atoms with E-state index >= 15 is 0 Å². The Morgan fingerprint density at radius 3 is 2.72 bits per heavy atom. The maximum absolute atomic E-state index is 12.2. The Labute approximate surface area is 149 Å². The minimum absolute atomic E-state index is 0.0393. The Balaban J connectivity index is 1.74. The molecule has 2 rings (SSSR count). The summed E-state index contributed by atoms with van der Waals surface area (Å²) in [6.07, 6.45) is 3.12. The first-order valence-corrected chi connectivity index (χ1v) is 8.88. The van der Waals surface area contributed by atoms with E-state index in [-0.39, 0.29) is 24.9 Å². The number of methoxy groups -OCH3 is 1. The standard InChI is InChI=1S/C19H28N2O4/c1-14(15-4-3-10-20-13-15)12-18(22)21-16-5-7-17(8-6-16)25-11-9-19(23)24-2/h5-8,14-15,20H,3-4,9-13H2,1-2H3,(H,21,22). The molecule has 1 aliphatic heterocycles. The summed E-state index contributed by atoms with van der Waals surface area (Å²) in [5, 5.41) is 6.33. The molecule has 1 aliphatic rings. The topological polar surface area (TPSA) is 76.7 Å². The molecule has 6 heteroatoms. The molecular formula is C19H28N2O4. The predicted octanol–water partition coefficient (Wildman–Crippen LogP) is 2.59. The monoisotopic (exact) mass is 348 g/mol. The van der Waals surface area contributed by atoms with Crippen molar-refractivity contribution in [3.05, 3.63) is 24.3 Å². The van der Waals surface area contributed by atoms with Crippen LogP contribution in [0.15, 0.2) is 24.3 Å². The highest BCUT2D eigenvalue weighted by molar-refractivity contribution is 5.90. The van der Waals surface area contributed by atoms with Crippen molar-refractivity contribution in [2.75, 3.05) is 32.1 Å². The van der Waals surface area contributed by atoms with E-state index in [9.17, 15) is 9.59 Å². The number of nitrogens with one attached hydrogen (secondary N) is 2. The summed E-state index contributed by atoms with van der Waals surface area (Å²) in [4.78, 5) is 23.2. The first kappa shape index (κ1) is 19.2. The van der Waals surface area contributed by atoms with Gasteiger partial charge in [-0.1, -0.05) is 6.92 Å². The lowest BCUT2D eigenvalue weighted by Gasteiger charge is -2.28. The van der Waals surface area contributed by atoms with Crippen LogP contribution in [0.3, 0.4) is 0 Å². The van der Waals surface area contributed by atoms with Crippen LogP contribution >= 0.6 is 0 Å². The zero-order valence-corrected chi connectivity index (χ0v) is 15.0. The molecule has 0 aliphatic carbocycles. The van der Waals surface area contributed by atoms with Crippen molar-refractivity contribution in [3.8, 4) is 5.75 Å². The second-order valence-electron chi connectivity index (χ2n) is 6.53. The maximum atomic E-state index is 12.2. The lowest BCUT2D eigenvalue weighted by atomic mass is 9.85. The molecule has 1 aromatic carbocycles. The molecule has 0 saturated carbocycles. The van der Waals surface area contributed by atoms with Gasteiger partial charge >= 0.3 is 5.97 Å². The van der Waals surface area contributed by atoms with Crippen LogP contribution in [0, 0.1) is 11.8 Å². The highest BCUT2D eigenvalue weighted by Gasteiger charge is 2.22. The van der Waals surface area contributed by atoms with E-state index < -0.39 is 0 Å². The number of anilines is 1. The van der Waals surface area contributed by atoms with Gasteiger partial charge in [-0.05, 0) is 62.0 Å². The zero-order valence-electron chi connectivity index (χ0n) is 15.0. The maximum Gasteiger partial charge on any atom is 0.308 e. The van der Waals surface area contributed by atoms with Crippen molar-refractivity contribution in [1.29, 1.82) is 0 Å². The smallest absolute Gasteiger partial charge is 0.308 e. The molecule has 2 N–H and O–H groups in total. The zero-order chi connectivity index (χ0) is 18.1. The molecular weight excluding hydrogens is 320 g/mol. The second kappa shape index (κ2) is 10.0. The van der Waals surface area contributed by atoms with E-state index in [2.05, 4.69) is 22.3 Å². The fourth-order valence-electron chi connectivity index (χ4n) is 3.02. The van der Waals surface area contributed by atoms with Crippen LogP contribution in [0.25, 0.3) is 0 Å². The number of rotatable bonds is 8. The number of ether oxygens (including phenoxy) is 2. The first-order chi connectivity index (χ1) is 12.1. The van der Waals surface area contributed by atoms with Gasteiger partial charge in [0.15, 0.2) is 0 Å². The summed E-state index contributed by atoms with van der Waals surface area (Å²) in [5.74, 6) is 1.34. The summed E-state index contributed by atoms with van der Waals surface area (Å²) in [6, 6.07) is 7.17. The van der Waals surface area contributed by atoms with E-state index in [1.54, 1.807) is 24.3 Å². The lowest BCUT2D eigenvalue weighted by molar-refractivity contribution is -0.141. The quantitative estimate of drug-likeness (QED) is 0.706. The Hall–Kier alpha value is -2.08. The van der Waals surface area contributed by atoms with Crippen LogP contribution in [-0.4, -0.2) is 38.7 Å². The van der Waals surface area contributed by atoms with Crippen molar-refractivity contribution >= 4 is 17.6 Å². The third kappa shape index (κ3) is 6.74. The van der Waals surface area contributed by atoms with Crippen LogP contribution in [-0.2, 0) is 14.3 Å². The van der Waals surface area contributed by atoms with E-state index in [0.717, 1.165) is 18.8 Å². The van der Waals surface area contributed by atoms with Crippen LogP contribution < -0.4 is 15.4 Å². The molecule has 0 radical (unpaired) electrons. The van der Waals surface area contributed by atoms with Crippen LogP contribution in [0.2, 0.25) is 0 Å². The third-order valence-corrected chi connectivity index (χ3v) is 4.59. The van der Waals surface area contributed by atoms with Crippen molar-refractivity contribution in [2.45, 2.75) is 32.6 Å². The summed E-state index contributed by atoms with van der Waals surface area (Å²) >= 11 is 0. The molecule has 138 valence electrons. The summed E-state index contributed by atoms with van der Waals surface area (Å²) in [6.45, 7) is 4.51. The fraction of sp³-hybridized carbons (Fsp3) is 0.579. The van der Waals surface area contributed by atoms with Gasteiger partial charge in [0.25, 0.3) is 0 Å². The van der Waals surface area contributed by atoms with E-state index in [4.69, 9.17) is 4.74 Å². The van der Waals surface area contributed by atoms with Gasteiger partial charge in [-0.25, -0.2) is 0 Å². The predicted molar refractivity (Wildman–Crippen MR) is 96.6 cm³/mol. The molecule has 1 heterocycles. The number of carbonyl (C=O) groups is 2. The second-order valence-corrected chi connectivity index (χ2v) is 6.53. The average Bonchev–Trinajstić information content (AvgIpc) is 2.63. The fourth-order valence-corrected chi connectivity index (χ4v) is 3.02. The SMILES string of the molecule is COC(=O)CCOc1ccc(NC(=O)CC(C)C2CCCNC2)cc1. The van der Waals surface area contributed by atoms with Gasteiger partial charge in [-0.3, -0.25) is 9.59 Å². The van der Waals surface area contributed by atoms with Gasteiger partial charge in [0.1, 0.15) is 5.75 Å². The number of amides is 1. The van der Waals surface area contributed by atoms with Gasteiger partial charge < -0.3 is 20.1 Å². The molecule has 25 heavy (non-hydrogen) atoms. The number of hydrogen-bond acceptors (Lipinski definition) is 5. The highest BCUT2D eigenvalue weighted by atomic mass is 16.5. The normalized spacial score (nSPS) is 18.2. The Morgan fingerprint density at radius 1 is 1.32 bits per heavy atom. The Bertz CT molecular complexity index is 553. The molecule has 2 unspecified atom stereocenters. The van der Waals surface area contributed by atoms with E-state index in [1.165, 1.54) is 20.0 Å². The van der Waals surface area contributed by atoms with Crippen molar-refractivity contribution in [1.82, 2.24) is 5.32 Å². The Morgan fingerprint density at radius 2 is 2.08 bits per heavy atom. The highest BCUT2D eigenvalue weighted by Crippen LogP contribution is 2.23. The molecule has 1 amide bonds. The van der Waals surface area contributed by atoms with Crippen LogP contribution in [0.4, 0.5) is 5.69 Å². The van der Waals surface area contributed by atoms with Crippen molar-refractivity contribution < 1.29 is 19.1 Å². The van der Waals surface area contributed by atoms with Crippen molar-refractivity contribution in [3.63, 3.8) is 0 Å². The summed E-state index contributed by atoms with van der Waals surface area (Å²) < 4.78 is 10.0. The number of esters is 1. The minimum atomic E-state index is -0.300. The summed E-state index contributed by atoms with van der Waals surface area (Å²) in [7, 11) is 1.35. The molecule has 0 spiro atoms. The number of carbonyl (C=O) groups excluding carboxylic acids is 2.